The molecule has 1 amide bonds. The molecule has 0 saturated heterocycles. The van der Waals surface area contributed by atoms with Gasteiger partial charge in [-0.3, -0.25) is 9.36 Å². The Bertz CT molecular complexity index is 1410. The van der Waals surface area contributed by atoms with Gasteiger partial charge in [-0.2, -0.15) is 0 Å². The highest BCUT2D eigenvalue weighted by molar-refractivity contribution is 7.92. The summed E-state index contributed by atoms with van der Waals surface area (Å²) in [6, 6.07) is 19.1. The van der Waals surface area contributed by atoms with E-state index >= 15 is 0 Å². The number of methoxy groups -OCH3 is 1. The molecule has 0 spiro atoms. The van der Waals surface area contributed by atoms with Gasteiger partial charge in [-0.1, -0.05) is 29.8 Å². The molecule has 0 unspecified atom stereocenters. The fourth-order valence-corrected chi connectivity index (χ4v) is 4.89. The van der Waals surface area contributed by atoms with Crippen molar-refractivity contribution < 1.29 is 17.9 Å². The smallest absolute Gasteiger partial charge is 0.240 e. The number of hydrogen-bond donors (Lipinski definition) is 1. The van der Waals surface area contributed by atoms with Crippen LogP contribution in [0.25, 0.3) is 16.7 Å². The second-order valence-corrected chi connectivity index (χ2v) is 9.50. The van der Waals surface area contributed by atoms with Crippen molar-refractivity contribution in [1.82, 2.24) is 9.55 Å². The van der Waals surface area contributed by atoms with Crippen LogP contribution < -0.4 is 10.1 Å². The third-order valence-electron chi connectivity index (χ3n) is 4.86. The first-order valence-corrected chi connectivity index (χ1v) is 11.7. The molecule has 7 nitrogen and oxygen atoms in total. The number of sulfone groups is 1. The van der Waals surface area contributed by atoms with Gasteiger partial charge < -0.3 is 10.1 Å². The maximum absolute atomic E-state index is 13.3. The van der Waals surface area contributed by atoms with Crippen LogP contribution in [0.5, 0.6) is 5.75 Å². The predicted molar refractivity (Wildman–Crippen MR) is 124 cm³/mol. The molecule has 0 aliphatic heterocycles. The second kappa shape index (κ2) is 8.64. The highest BCUT2D eigenvalue weighted by Crippen LogP contribution is 2.27. The summed E-state index contributed by atoms with van der Waals surface area (Å²) in [6.07, 6.45) is 0. The first-order chi connectivity index (χ1) is 15.3. The summed E-state index contributed by atoms with van der Waals surface area (Å²) in [5, 5.41) is 2.69. The lowest BCUT2D eigenvalue weighted by atomic mass is 10.2. The van der Waals surface area contributed by atoms with E-state index in [9.17, 15) is 13.2 Å². The summed E-state index contributed by atoms with van der Waals surface area (Å²) in [5.41, 5.74) is 2.97. The number of para-hydroxylation sites is 2. The van der Waals surface area contributed by atoms with Crippen molar-refractivity contribution in [3.63, 3.8) is 0 Å². The van der Waals surface area contributed by atoms with E-state index in [1.807, 2.05) is 6.92 Å². The lowest BCUT2D eigenvalue weighted by Gasteiger charge is -2.11. The minimum absolute atomic E-state index is 0.214. The number of halogens is 1. The Morgan fingerprint density at radius 2 is 1.81 bits per heavy atom. The van der Waals surface area contributed by atoms with Crippen LogP contribution >= 0.6 is 11.6 Å². The number of hydrogen-bond acceptors (Lipinski definition) is 5. The van der Waals surface area contributed by atoms with Gasteiger partial charge in [0.25, 0.3) is 0 Å². The quantitative estimate of drug-likeness (QED) is 0.451. The molecule has 1 aromatic heterocycles. The lowest BCUT2D eigenvalue weighted by Crippen LogP contribution is -2.25. The van der Waals surface area contributed by atoms with Crippen molar-refractivity contribution in [3.05, 3.63) is 77.3 Å². The standard InChI is InChI=1S/C23H20ClN3O4S/c1-15-7-12-19(18(24)13-15)25-22(28)14-32(29,30)23-26-20-5-3-4-6-21(20)27(23)16-8-10-17(31-2)11-9-16/h3-13H,14H2,1-2H3,(H,25,28). The molecule has 0 bridgehead atoms. The van der Waals surface area contributed by atoms with Gasteiger partial charge in [-0.05, 0) is 61.0 Å². The molecule has 1 heterocycles. The summed E-state index contributed by atoms with van der Waals surface area (Å²) in [4.78, 5) is 16.9. The number of anilines is 1. The molecular formula is C23H20ClN3O4S. The number of nitrogens with one attached hydrogen (secondary N) is 1. The first kappa shape index (κ1) is 21.9. The number of nitrogens with zero attached hydrogens (tertiary/aromatic N) is 2. The van der Waals surface area contributed by atoms with E-state index < -0.39 is 21.5 Å². The number of aryl methyl sites for hydroxylation is 1. The van der Waals surface area contributed by atoms with Crippen LogP contribution in [-0.2, 0) is 14.6 Å². The Kier molecular flexibility index (Phi) is 5.90. The van der Waals surface area contributed by atoms with Gasteiger partial charge in [0.15, 0.2) is 0 Å². The SMILES string of the molecule is COc1ccc(-n2c(S(=O)(=O)CC(=O)Nc3ccc(C)cc3Cl)nc3ccccc32)cc1. The van der Waals surface area contributed by atoms with Crippen molar-refractivity contribution >= 4 is 44.1 Å². The van der Waals surface area contributed by atoms with E-state index in [0.29, 0.717) is 33.2 Å². The van der Waals surface area contributed by atoms with E-state index in [1.165, 1.54) is 4.57 Å². The predicted octanol–water partition coefficient (Wildman–Crippen LogP) is 4.41. The van der Waals surface area contributed by atoms with E-state index in [0.717, 1.165) is 5.56 Å². The first-order valence-electron chi connectivity index (χ1n) is 9.69. The Labute approximate surface area is 190 Å². The minimum Gasteiger partial charge on any atom is -0.497 e. The van der Waals surface area contributed by atoms with Gasteiger partial charge >= 0.3 is 0 Å². The molecule has 32 heavy (non-hydrogen) atoms. The van der Waals surface area contributed by atoms with E-state index in [1.54, 1.807) is 73.8 Å². The summed E-state index contributed by atoms with van der Waals surface area (Å²) < 4.78 is 33.2. The molecule has 9 heteroatoms. The summed E-state index contributed by atoms with van der Waals surface area (Å²) >= 11 is 6.15. The largest absolute Gasteiger partial charge is 0.497 e. The monoisotopic (exact) mass is 469 g/mol. The van der Waals surface area contributed by atoms with E-state index in [2.05, 4.69) is 10.3 Å². The molecule has 4 aromatic rings. The van der Waals surface area contributed by atoms with Gasteiger partial charge in [0.2, 0.25) is 20.9 Å². The zero-order valence-electron chi connectivity index (χ0n) is 17.4. The number of benzene rings is 3. The van der Waals surface area contributed by atoms with Crippen molar-refractivity contribution in [2.24, 2.45) is 0 Å². The van der Waals surface area contributed by atoms with Crippen LogP contribution in [0.2, 0.25) is 5.02 Å². The Morgan fingerprint density at radius 1 is 1.09 bits per heavy atom. The number of ether oxygens (including phenoxy) is 1. The van der Waals surface area contributed by atoms with Gasteiger partial charge in [-0.15, -0.1) is 0 Å². The number of carbonyl (C=O) groups excluding carboxylic acids is 1. The second-order valence-electron chi connectivity index (χ2n) is 7.21. The molecule has 0 aliphatic carbocycles. The van der Waals surface area contributed by atoms with E-state index in [4.69, 9.17) is 16.3 Å². The molecule has 0 atom stereocenters. The maximum atomic E-state index is 13.3. The van der Waals surface area contributed by atoms with Gasteiger partial charge in [0.05, 0.1) is 28.9 Å². The lowest BCUT2D eigenvalue weighted by molar-refractivity contribution is -0.113. The maximum Gasteiger partial charge on any atom is 0.240 e. The van der Waals surface area contributed by atoms with Crippen LogP contribution in [0.15, 0.2) is 71.9 Å². The van der Waals surface area contributed by atoms with Crippen LogP contribution in [0.1, 0.15) is 5.56 Å². The number of rotatable bonds is 6. The zero-order chi connectivity index (χ0) is 22.9. The van der Waals surface area contributed by atoms with Crippen molar-refractivity contribution in [2.75, 3.05) is 18.2 Å². The fourth-order valence-electron chi connectivity index (χ4n) is 3.34. The van der Waals surface area contributed by atoms with Gasteiger partial charge in [0, 0.05) is 5.69 Å². The number of imidazole rings is 1. The summed E-state index contributed by atoms with van der Waals surface area (Å²) in [6.45, 7) is 1.87. The van der Waals surface area contributed by atoms with Crippen LogP contribution in [0, 0.1) is 6.92 Å². The highest BCUT2D eigenvalue weighted by Gasteiger charge is 2.28. The number of aromatic nitrogens is 2. The van der Waals surface area contributed by atoms with E-state index in [-0.39, 0.29) is 5.16 Å². The third-order valence-corrected chi connectivity index (χ3v) is 6.64. The van der Waals surface area contributed by atoms with Crippen LogP contribution in [-0.4, -0.2) is 36.7 Å². The average Bonchev–Trinajstić information content (AvgIpc) is 3.16. The summed E-state index contributed by atoms with van der Waals surface area (Å²) in [7, 11) is -2.54. The normalized spacial score (nSPS) is 11.5. The molecule has 0 radical (unpaired) electrons. The van der Waals surface area contributed by atoms with Crippen molar-refractivity contribution in [3.8, 4) is 11.4 Å². The molecule has 1 N–H and O–H groups in total. The fraction of sp³-hybridized carbons (Fsp3) is 0.130. The minimum atomic E-state index is -4.09. The number of amides is 1. The highest BCUT2D eigenvalue weighted by atomic mass is 35.5. The van der Waals surface area contributed by atoms with Crippen LogP contribution in [0.4, 0.5) is 5.69 Å². The summed E-state index contributed by atoms with van der Waals surface area (Å²) in [5.74, 6) is -0.850. The Hall–Kier alpha value is -3.36. The molecule has 3 aromatic carbocycles. The average molecular weight is 470 g/mol. The molecule has 0 fully saturated rings. The number of fused-ring (bicyclic) bond motifs is 1. The van der Waals surface area contributed by atoms with Crippen LogP contribution in [0.3, 0.4) is 0 Å². The van der Waals surface area contributed by atoms with Crippen molar-refractivity contribution in [1.29, 1.82) is 0 Å². The Balaban J connectivity index is 1.72. The molecule has 0 saturated carbocycles. The Morgan fingerprint density at radius 3 is 2.50 bits per heavy atom. The molecule has 164 valence electrons. The molecular weight excluding hydrogens is 450 g/mol. The topological polar surface area (TPSA) is 90.3 Å². The third kappa shape index (κ3) is 4.32. The molecule has 0 aliphatic rings. The van der Waals surface area contributed by atoms with Gasteiger partial charge in [-0.25, -0.2) is 13.4 Å². The molecule has 4 rings (SSSR count). The zero-order valence-corrected chi connectivity index (χ0v) is 18.9. The number of carbonyl (C=O) groups is 1. The van der Waals surface area contributed by atoms with Crippen molar-refractivity contribution in [2.45, 2.75) is 12.1 Å². The van der Waals surface area contributed by atoms with Gasteiger partial charge in [0.1, 0.15) is 11.5 Å².